The third-order valence-corrected chi connectivity index (χ3v) is 2.68. The molecule has 1 heterocycles. The Balaban J connectivity index is 2.03. The van der Waals surface area contributed by atoms with Gasteiger partial charge in [-0.15, -0.1) is 0 Å². The summed E-state index contributed by atoms with van der Waals surface area (Å²) < 4.78 is 13.4. The lowest BCUT2D eigenvalue weighted by Gasteiger charge is -2.07. The van der Waals surface area contributed by atoms with E-state index in [2.05, 4.69) is 15.6 Å². The number of pyridine rings is 1. The minimum absolute atomic E-state index is 0.155. The second-order valence-corrected chi connectivity index (χ2v) is 3.95. The van der Waals surface area contributed by atoms with Gasteiger partial charge in [0.15, 0.2) is 0 Å². The number of carbonyl (C=O) groups excluding carboxylic acids is 1. The first-order valence-corrected chi connectivity index (χ1v) is 5.86. The number of carbonyl (C=O) groups is 1. The molecule has 0 bridgehead atoms. The fourth-order valence-electron chi connectivity index (χ4n) is 1.63. The molecule has 0 radical (unpaired) electrons. The number of anilines is 1. The molecule has 98 valence electrons. The molecule has 0 aliphatic heterocycles. The summed E-state index contributed by atoms with van der Waals surface area (Å²) in [7, 11) is 1.73. The maximum atomic E-state index is 13.4. The van der Waals surface area contributed by atoms with Gasteiger partial charge in [-0.05, 0) is 18.2 Å². The molecule has 0 aliphatic rings. The molecule has 0 saturated carbocycles. The van der Waals surface area contributed by atoms with Gasteiger partial charge in [0, 0.05) is 30.9 Å². The van der Waals surface area contributed by atoms with Crippen LogP contribution in [0, 0.1) is 5.82 Å². The number of aromatic nitrogens is 1. The van der Waals surface area contributed by atoms with Gasteiger partial charge >= 0.3 is 0 Å². The first-order valence-electron chi connectivity index (χ1n) is 5.86. The molecule has 2 aromatic rings. The SMILES string of the molecule is CNc1cc(C(=O)NCc2ccccc2F)ccn1. The molecule has 5 heteroatoms. The Morgan fingerprint density at radius 1 is 1.32 bits per heavy atom. The molecule has 0 atom stereocenters. The largest absolute Gasteiger partial charge is 0.373 e. The molecule has 0 saturated heterocycles. The van der Waals surface area contributed by atoms with Crippen LogP contribution < -0.4 is 10.6 Å². The normalized spacial score (nSPS) is 10.0. The first kappa shape index (κ1) is 13.0. The van der Waals surface area contributed by atoms with E-state index in [1.807, 2.05) is 0 Å². The van der Waals surface area contributed by atoms with E-state index in [0.717, 1.165) is 0 Å². The summed E-state index contributed by atoms with van der Waals surface area (Å²) in [4.78, 5) is 15.9. The summed E-state index contributed by atoms with van der Waals surface area (Å²) in [6.45, 7) is 0.155. The average Bonchev–Trinajstić information content (AvgIpc) is 2.46. The van der Waals surface area contributed by atoms with E-state index >= 15 is 0 Å². The molecule has 2 N–H and O–H groups in total. The summed E-state index contributed by atoms with van der Waals surface area (Å²) in [5, 5.41) is 5.53. The van der Waals surface area contributed by atoms with Gasteiger partial charge in [-0.1, -0.05) is 18.2 Å². The molecule has 0 aliphatic carbocycles. The molecule has 19 heavy (non-hydrogen) atoms. The molecule has 0 fully saturated rings. The van der Waals surface area contributed by atoms with E-state index in [4.69, 9.17) is 0 Å². The Morgan fingerprint density at radius 3 is 2.84 bits per heavy atom. The van der Waals surface area contributed by atoms with E-state index in [1.54, 1.807) is 43.6 Å². The Bertz CT molecular complexity index is 586. The molecule has 4 nitrogen and oxygen atoms in total. The number of hydrogen-bond donors (Lipinski definition) is 2. The van der Waals surface area contributed by atoms with Crippen LogP contribution in [0.25, 0.3) is 0 Å². The maximum Gasteiger partial charge on any atom is 0.251 e. The van der Waals surface area contributed by atoms with Crippen molar-refractivity contribution in [1.82, 2.24) is 10.3 Å². The highest BCUT2D eigenvalue weighted by Crippen LogP contribution is 2.08. The van der Waals surface area contributed by atoms with Gasteiger partial charge in [0.25, 0.3) is 5.91 Å². The van der Waals surface area contributed by atoms with Crippen molar-refractivity contribution in [2.24, 2.45) is 0 Å². The van der Waals surface area contributed by atoms with Gasteiger partial charge in [0.2, 0.25) is 0 Å². The molecule has 0 unspecified atom stereocenters. The maximum absolute atomic E-state index is 13.4. The van der Waals surface area contributed by atoms with Crippen molar-refractivity contribution in [3.8, 4) is 0 Å². The van der Waals surface area contributed by atoms with Crippen molar-refractivity contribution < 1.29 is 9.18 Å². The monoisotopic (exact) mass is 259 g/mol. The number of rotatable bonds is 4. The van der Waals surface area contributed by atoms with Crippen LogP contribution in [0.15, 0.2) is 42.6 Å². The predicted molar refractivity (Wildman–Crippen MR) is 71.4 cm³/mol. The average molecular weight is 259 g/mol. The van der Waals surface area contributed by atoms with Crippen LogP contribution in [0.2, 0.25) is 0 Å². The van der Waals surface area contributed by atoms with Crippen molar-refractivity contribution >= 4 is 11.7 Å². The van der Waals surface area contributed by atoms with Gasteiger partial charge in [0.1, 0.15) is 11.6 Å². The van der Waals surface area contributed by atoms with Gasteiger partial charge in [-0.3, -0.25) is 4.79 Å². The fourth-order valence-corrected chi connectivity index (χ4v) is 1.63. The van der Waals surface area contributed by atoms with Gasteiger partial charge in [-0.2, -0.15) is 0 Å². The Kier molecular flexibility index (Phi) is 4.07. The molecule has 1 amide bonds. The number of nitrogens with one attached hydrogen (secondary N) is 2. The Hall–Kier alpha value is -2.43. The topological polar surface area (TPSA) is 54.0 Å². The third kappa shape index (κ3) is 3.28. The fraction of sp³-hybridized carbons (Fsp3) is 0.143. The third-order valence-electron chi connectivity index (χ3n) is 2.68. The zero-order valence-corrected chi connectivity index (χ0v) is 10.5. The van der Waals surface area contributed by atoms with Crippen molar-refractivity contribution in [3.05, 3.63) is 59.5 Å². The standard InChI is InChI=1S/C14H14FN3O/c1-16-13-8-10(6-7-17-13)14(19)18-9-11-4-2-3-5-12(11)15/h2-8H,9H2,1H3,(H,16,17)(H,18,19). The minimum atomic E-state index is -0.326. The molecule has 1 aromatic carbocycles. The first-order chi connectivity index (χ1) is 9.20. The minimum Gasteiger partial charge on any atom is -0.373 e. The second kappa shape index (κ2) is 5.95. The lowest BCUT2D eigenvalue weighted by Crippen LogP contribution is -2.23. The quantitative estimate of drug-likeness (QED) is 0.885. The van der Waals surface area contributed by atoms with E-state index in [1.165, 1.54) is 6.07 Å². The van der Waals surface area contributed by atoms with E-state index in [9.17, 15) is 9.18 Å². The van der Waals surface area contributed by atoms with Gasteiger partial charge in [0.05, 0.1) is 0 Å². The van der Waals surface area contributed by atoms with Crippen LogP contribution in [0.3, 0.4) is 0 Å². The summed E-state index contributed by atoms with van der Waals surface area (Å²) in [6.07, 6.45) is 1.55. The highest BCUT2D eigenvalue weighted by molar-refractivity contribution is 5.94. The van der Waals surface area contributed by atoms with Crippen LogP contribution in [0.1, 0.15) is 15.9 Å². The lowest BCUT2D eigenvalue weighted by atomic mass is 10.2. The molecule has 0 spiro atoms. The van der Waals surface area contributed by atoms with Gasteiger partial charge < -0.3 is 10.6 Å². The molecular weight excluding hydrogens is 245 g/mol. The van der Waals surface area contributed by atoms with Crippen molar-refractivity contribution in [1.29, 1.82) is 0 Å². The van der Waals surface area contributed by atoms with Crippen LogP contribution in [0.5, 0.6) is 0 Å². The summed E-state index contributed by atoms with van der Waals surface area (Å²) in [5.41, 5.74) is 0.939. The number of amides is 1. The van der Waals surface area contributed by atoms with E-state index in [-0.39, 0.29) is 18.3 Å². The molecular formula is C14H14FN3O. The van der Waals surface area contributed by atoms with Crippen molar-refractivity contribution in [2.75, 3.05) is 12.4 Å². The highest BCUT2D eigenvalue weighted by Gasteiger charge is 2.07. The number of nitrogens with zero attached hydrogens (tertiary/aromatic N) is 1. The summed E-state index contributed by atoms with van der Waals surface area (Å²) in [5.74, 6) is 0.0223. The van der Waals surface area contributed by atoms with Crippen LogP contribution >= 0.6 is 0 Å². The second-order valence-electron chi connectivity index (χ2n) is 3.95. The van der Waals surface area contributed by atoms with E-state index in [0.29, 0.717) is 16.9 Å². The number of hydrogen-bond acceptors (Lipinski definition) is 3. The van der Waals surface area contributed by atoms with Crippen molar-refractivity contribution in [2.45, 2.75) is 6.54 Å². The highest BCUT2D eigenvalue weighted by atomic mass is 19.1. The smallest absolute Gasteiger partial charge is 0.251 e. The Labute approximate surface area is 110 Å². The van der Waals surface area contributed by atoms with Crippen LogP contribution in [-0.2, 0) is 6.54 Å². The van der Waals surface area contributed by atoms with E-state index < -0.39 is 0 Å². The number of benzene rings is 1. The Morgan fingerprint density at radius 2 is 2.11 bits per heavy atom. The molecule has 1 aromatic heterocycles. The zero-order valence-electron chi connectivity index (χ0n) is 10.5. The lowest BCUT2D eigenvalue weighted by molar-refractivity contribution is 0.0950. The molecule has 2 rings (SSSR count). The van der Waals surface area contributed by atoms with Crippen molar-refractivity contribution in [3.63, 3.8) is 0 Å². The summed E-state index contributed by atoms with van der Waals surface area (Å²) in [6, 6.07) is 9.60. The summed E-state index contributed by atoms with van der Waals surface area (Å²) >= 11 is 0. The van der Waals surface area contributed by atoms with Crippen LogP contribution in [-0.4, -0.2) is 17.9 Å². The number of halogens is 1. The van der Waals surface area contributed by atoms with Crippen LogP contribution in [0.4, 0.5) is 10.2 Å². The predicted octanol–water partition coefficient (Wildman–Crippen LogP) is 2.19. The van der Waals surface area contributed by atoms with Gasteiger partial charge in [-0.25, -0.2) is 9.37 Å². The zero-order chi connectivity index (χ0) is 13.7.